The first-order valence-electron chi connectivity index (χ1n) is 4.47. The van der Waals surface area contributed by atoms with Crippen LogP contribution >= 0.6 is 0 Å². The van der Waals surface area contributed by atoms with Crippen molar-refractivity contribution in [1.82, 2.24) is 5.06 Å². The molecule has 1 aromatic carbocycles. The Kier molecular flexibility index (Phi) is 2.25. The van der Waals surface area contributed by atoms with Gasteiger partial charge in [0, 0.05) is 12.2 Å². The summed E-state index contributed by atoms with van der Waals surface area (Å²) in [6.45, 7) is 1.90. The van der Waals surface area contributed by atoms with E-state index in [1.807, 2.05) is 13.0 Å². The Hall–Kier alpha value is -2.10. The van der Waals surface area contributed by atoms with Gasteiger partial charge in [0.2, 0.25) is 0 Å². The van der Waals surface area contributed by atoms with Crippen LogP contribution < -0.4 is 4.84 Å². The van der Waals surface area contributed by atoms with Gasteiger partial charge in [-0.05, 0) is 24.6 Å². The Morgan fingerprint density at radius 2 is 1.80 bits per heavy atom. The van der Waals surface area contributed by atoms with Crippen LogP contribution in [0.15, 0.2) is 36.4 Å². The van der Waals surface area contributed by atoms with E-state index < -0.39 is 11.8 Å². The lowest BCUT2D eigenvalue weighted by molar-refractivity contribution is -0.162. The number of carbonyl (C=O) groups is 2. The highest BCUT2D eigenvalue weighted by Crippen LogP contribution is 2.15. The molecular formula is C11H9NO3. The number of carbonyl (C=O) groups excluding carboxylic acids is 2. The maximum absolute atomic E-state index is 11.2. The molecular weight excluding hydrogens is 194 g/mol. The summed E-state index contributed by atoms with van der Waals surface area (Å²) in [4.78, 5) is 27.5. The van der Waals surface area contributed by atoms with Crippen LogP contribution in [0.2, 0.25) is 0 Å². The number of imide groups is 1. The molecule has 0 saturated carbocycles. The molecule has 76 valence electrons. The lowest BCUT2D eigenvalue weighted by atomic mass is 10.2. The number of aryl methyl sites for hydroxylation is 1. The van der Waals surface area contributed by atoms with E-state index in [1.54, 1.807) is 18.2 Å². The van der Waals surface area contributed by atoms with E-state index in [4.69, 9.17) is 4.84 Å². The maximum Gasteiger partial charge on any atom is 0.287 e. The van der Waals surface area contributed by atoms with Crippen molar-refractivity contribution in [2.75, 3.05) is 0 Å². The van der Waals surface area contributed by atoms with Gasteiger partial charge in [0.1, 0.15) is 0 Å². The average molecular weight is 203 g/mol. The van der Waals surface area contributed by atoms with Crippen LogP contribution in [0.4, 0.5) is 0 Å². The molecule has 0 bridgehead atoms. The van der Waals surface area contributed by atoms with Gasteiger partial charge >= 0.3 is 0 Å². The van der Waals surface area contributed by atoms with Gasteiger partial charge in [0.15, 0.2) is 5.75 Å². The second kappa shape index (κ2) is 3.57. The third-order valence-electron chi connectivity index (χ3n) is 1.96. The first-order valence-corrected chi connectivity index (χ1v) is 4.47. The Balaban J connectivity index is 2.16. The second-order valence-corrected chi connectivity index (χ2v) is 3.21. The Labute approximate surface area is 86.7 Å². The number of rotatable bonds is 2. The highest BCUT2D eigenvalue weighted by molar-refractivity contribution is 6.11. The van der Waals surface area contributed by atoms with Crippen molar-refractivity contribution < 1.29 is 14.4 Å². The minimum atomic E-state index is -0.457. The zero-order chi connectivity index (χ0) is 10.8. The third-order valence-corrected chi connectivity index (χ3v) is 1.96. The summed E-state index contributed by atoms with van der Waals surface area (Å²) in [5, 5.41) is 0.731. The lowest BCUT2D eigenvalue weighted by Gasteiger charge is -2.14. The van der Waals surface area contributed by atoms with Gasteiger partial charge < -0.3 is 4.84 Å². The van der Waals surface area contributed by atoms with Gasteiger partial charge in [-0.15, -0.1) is 0 Å². The summed E-state index contributed by atoms with van der Waals surface area (Å²) in [6, 6.07) is 7.13. The normalized spacial score (nSPS) is 14.9. The summed E-state index contributed by atoms with van der Waals surface area (Å²) in [5.74, 6) is -0.441. The molecule has 0 radical (unpaired) electrons. The zero-order valence-electron chi connectivity index (χ0n) is 8.14. The first kappa shape index (κ1) is 9.45. The quantitative estimate of drug-likeness (QED) is 0.679. The SMILES string of the molecule is Cc1cccc(ON2C(=O)C=CC2=O)c1. The topological polar surface area (TPSA) is 46.6 Å². The molecule has 0 atom stereocenters. The summed E-state index contributed by atoms with van der Waals surface area (Å²) >= 11 is 0. The van der Waals surface area contributed by atoms with Crippen LogP contribution in [-0.4, -0.2) is 16.9 Å². The third kappa shape index (κ3) is 1.88. The van der Waals surface area contributed by atoms with Crippen LogP contribution in [0.1, 0.15) is 5.56 Å². The molecule has 0 fully saturated rings. The lowest BCUT2D eigenvalue weighted by Crippen LogP contribution is -2.33. The Morgan fingerprint density at radius 1 is 1.13 bits per heavy atom. The molecule has 1 aliphatic heterocycles. The van der Waals surface area contributed by atoms with Crippen molar-refractivity contribution in [3.63, 3.8) is 0 Å². The van der Waals surface area contributed by atoms with Crippen LogP contribution in [0.25, 0.3) is 0 Å². The molecule has 0 N–H and O–H groups in total. The monoisotopic (exact) mass is 203 g/mol. The van der Waals surface area contributed by atoms with E-state index in [9.17, 15) is 9.59 Å². The van der Waals surface area contributed by atoms with E-state index in [2.05, 4.69) is 0 Å². The largest absolute Gasteiger partial charge is 0.369 e. The van der Waals surface area contributed by atoms with E-state index in [-0.39, 0.29) is 0 Å². The number of amides is 2. The number of nitrogens with zero attached hydrogens (tertiary/aromatic N) is 1. The number of hydrogen-bond donors (Lipinski definition) is 0. The fourth-order valence-electron chi connectivity index (χ4n) is 1.25. The minimum Gasteiger partial charge on any atom is -0.369 e. The molecule has 4 heteroatoms. The predicted molar refractivity (Wildman–Crippen MR) is 52.8 cm³/mol. The fraction of sp³-hybridized carbons (Fsp3) is 0.0909. The number of benzene rings is 1. The van der Waals surface area contributed by atoms with Crippen molar-refractivity contribution in [1.29, 1.82) is 0 Å². The molecule has 0 saturated heterocycles. The molecule has 0 aromatic heterocycles. The van der Waals surface area contributed by atoms with E-state index >= 15 is 0 Å². The van der Waals surface area contributed by atoms with Crippen LogP contribution in [0, 0.1) is 6.92 Å². The van der Waals surface area contributed by atoms with Crippen molar-refractivity contribution in [2.45, 2.75) is 6.92 Å². The fourth-order valence-corrected chi connectivity index (χ4v) is 1.25. The summed E-state index contributed by atoms with van der Waals surface area (Å²) in [6.07, 6.45) is 2.36. The van der Waals surface area contributed by atoms with Gasteiger partial charge in [-0.1, -0.05) is 17.2 Å². The molecule has 15 heavy (non-hydrogen) atoms. The zero-order valence-corrected chi connectivity index (χ0v) is 8.14. The molecule has 2 rings (SSSR count). The van der Waals surface area contributed by atoms with Crippen molar-refractivity contribution in [2.24, 2.45) is 0 Å². The average Bonchev–Trinajstić information content (AvgIpc) is 2.50. The molecule has 1 aromatic rings. The molecule has 0 unspecified atom stereocenters. The van der Waals surface area contributed by atoms with Crippen LogP contribution in [0.5, 0.6) is 5.75 Å². The van der Waals surface area contributed by atoms with Gasteiger partial charge in [-0.2, -0.15) is 0 Å². The Morgan fingerprint density at radius 3 is 2.40 bits per heavy atom. The Bertz CT molecular complexity index is 433. The smallest absolute Gasteiger partial charge is 0.287 e. The highest BCUT2D eigenvalue weighted by atomic mass is 16.7. The predicted octanol–water partition coefficient (Wildman–Crippen LogP) is 1.21. The van der Waals surface area contributed by atoms with E-state index in [0.717, 1.165) is 10.6 Å². The van der Waals surface area contributed by atoms with Crippen molar-refractivity contribution in [3.05, 3.63) is 42.0 Å². The first-order chi connectivity index (χ1) is 7.16. The molecule has 4 nitrogen and oxygen atoms in total. The van der Waals surface area contributed by atoms with Crippen molar-refractivity contribution >= 4 is 11.8 Å². The summed E-state index contributed by atoms with van der Waals surface area (Å²) in [7, 11) is 0. The molecule has 1 heterocycles. The molecule has 0 spiro atoms. The number of hydrogen-bond acceptors (Lipinski definition) is 3. The maximum atomic E-state index is 11.2. The minimum absolute atomic E-state index is 0.457. The standard InChI is InChI=1S/C11H9NO3/c1-8-3-2-4-9(7-8)15-12-10(13)5-6-11(12)14/h2-7H,1H3. The van der Waals surface area contributed by atoms with Crippen LogP contribution in [-0.2, 0) is 9.59 Å². The molecule has 1 aliphatic rings. The second-order valence-electron chi connectivity index (χ2n) is 3.21. The highest BCUT2D eigenvalue weighted by Gasteiger charge is 2.25. The van der Waals surface area contributed by atoms with E-state index in [0.29, 0.717) is 5.75 Å². The molecule has 2 amide bonds. The van der Waals surface area contributed by atoms with Gasteiger partial charge in [-0.3, -0.25) is 9.59 Å². The van der Waals surface area contributed by atoms with Crippen molar-refractivity contribution in [3.8, 4) is 5.75 Å². The van der Waals surface area contributed by atoms with Gasteiger partial charge in [-0.25, -0.2) is 0 Å². The van der Waals surface area contributed by atoms with E-state index in [1.165, 1.54) is 12.2 Å². The summed E-state index contributed by atoms with van der Waals surface area (Å²) in [5.41, 5.74) is 1.000. The number of hydroxylamine groups is 2. The summed E-state index contributed by atoms with van der Waals surface area (Å²) < 4.78 is 0. The van der Waals surface area contributed by atoms with Gasteiger partial charge in [0.25, 0.3) is 11.8 Å². The molecule has 0 aliphatic carbocycles. The van der Waals surface area contributed by atoms with Crippen LogP contribution in [0.3, 0.4) is 0 Å². The van der Waals surface area contributed by atoms with Gasteiger partial charge in [0.05, 0.1) is 0 Å².